The fourth-order valence-electron chi connectivity index (χ4n) is 4.05. The van der Waals surface area contributed by atoms with E-state index in [-0.39, 0.29) is 23.8 Å². The molecule has 7 heteroatoms. The average Bonchev–Trinajstić information content (AvgIpc) is 3.31. The van der Waals surface area contributed by atoms with Crippen molar-refractivity contribution in [1.29, 1.82) is 0 Å². The second-order valence-corrected chi connectivity index (χ2v) is 8.02. The highest BCUT2D eigenvalue weighted by molar-refractivity contribution is 7.17. The van der Waals surface area contributed by atoms with Crippen molar-refractivity contribution in [2.24, 2.45) is 0 Å². The van der Waals surface area contributed by atoms with Gasteiger partial charge in [-0.2, -0.15) is 0 Å². The van der Waals surface area contributed by atoms with Gasteiger partial charge < -0.3 is 9.88 Å². The summed E-state index contributed by atoms with van der Waals surface area (Å²) < 4.78 is 14.4. The molecule has 140 valence electrons. The summed E-state index contributed by atoms with van der Waals surface area (Å²) in [6, 6.07) is 8.14. The zero-order valence-corrected chi connectivity index (χ0v) is 15.8. The van der Waals surface area contributed by atoms with E-state index in [0.717, 1.165) is 18.4 Å². The Morgan fingerprint density at radius 1 is 1.33 bits per heavy atom. The zero-order chi connectivity index (χ0) is 19.0. The van der Waals surface area contributed by atoms with Crippen LogP contribution in [0.5, 0.6) is 0 Å². The van der Waals surface area contributed by atoms with E-state index < -0.39 is 5.41 Å². The van der Waals surface area contributed by atoms with Crippen molar-refractivity contribution < 1.29 is 9.18 Å². The minimum atomic E-state index is -0.705. The third-order valence-corrected chi connectivity index (χ3v) is 6.24. The van der Waals surface area contributed by atoms with Crippen LogP contribution in [0.1, 0.15) is 37.1 Å². The summed E-state index contributed by atoms with van der Waals surface area (Å²) in [6.07, 6.45) is 3.28. The van der Waals surface area contributed by atoms with Gasteiger partial charge in [-0.1, -0.05) is 25.0 Å². The number of aromatic nitrogens is 2. The summed E-state index contributed by atoms with van der Waals surface area (Å²) in [5.74, 6) is 0.0657. The lowest BCUT2D eigenvalue weighted by Gasteiger charge is -2.32. The third kappa shape index (κ3) is 3.16. The fraction of sp³-hybridized carbons (Fsp3) is 0.350. The fourth-order valence-corrected chi connectivity index (χ4v) is 4.77. The topological polar surface area (TPSA) is 66.1 Å². The third-order valence-electron chi connectivity index (χ3n) is 5.34. The molecule has 1 fully saturated rings. The Labute approximate surface area is 159 Å². The molecule has 1 aliphatic carbocycles. The molecule has 0 unspecified atom stereocenters. The summed E-state index contributed by atoms with van der Waals surface area (Å²) in [5.41, 5.74) is 0.474. The first kappa shape index (κ1) is 17.9. The number of thiophene rings is 1. The Morgan fingerprint density at radius 3 is 2.85 bits per heavy atom. The Balaban J connectivity index is 1.64. The molecule has 1 aliphatic rings. The maximum absolute atomic E-state index is 13.8. The smallest absolute Gasteiger partial charge is 0.268 e. The van der Waals surface area contributed by atoms with Gasteiger partial charge in [-0.15, -0.1) is 11.3 Å². The van der Waals surface area contributed by atoms with Crippen molar-refractivity contribution in [2.45, 2.75) is 37.6 Å². The van der Waals surface area contributed by atoms with E-state index in [1.165, 1.54) is 23.5 Å². The van der Waals surface area contributed by atoms with Crippen LogP contribution in [-0.2, 0) is 16.8 Å². The number of carbonyl (C=O) groups is 1. The molecule has 1 N–H and O–H groups in total. The minimum absolute atomic E-state index is 0.0568. The highest BCUT2D eigenvalue weighted by Crippen LogP contribution is 2.42. The number of fused-ring (bicyclic) bond motifs is 1. The molecule has 0 radical (unpaired) electrons. The van der Waals surface area contributed by atoms with E-state index >= 15 is 0 Å². The molecule has 0 saturated heterocycles. The predicted octanol–water partition coefficient (Wildman–Crippen LogP) is 3.59. The standard InChI is InChI=1S/C20H20FN3O2S/c1-24(12-16-22-15-7-10-27-17(15)18(25)23-16)19(26)20(8-2-3-9-20)13-5-4-6-14(21)11-13/h4-7,10-11H,2-3,8-9,12H2,1H3,(H,22,23,25). The first-order valence-electron chi connectivity index (χ1n) is 8.98. The number of H-pyrrole nitrogens is 1. The summed E-state index contributed by atoms with van der Waals surface area (Å²) >= 11 is 1.34. The number of carbonyl (C=O) groups excluding carboxylic acids is 1. The number of hydrogen-bond donors (Lipinski definition) is 1. The van der Waals surface area contributed by atoms with Crippen LogP contribution < -0.4 is 5.56 Å². The van der Waals surface area contributed by atoms with E-state index in [1.54, 1.807) is 24.1 Å². The number of aromatic amines is 1. The molecular formula is C20H20FN3O2S. The van der Waals surface area contributed by atoms with Crippen LogP contribution in [0.4, 0.5) is 4.39 Å². The number of likely N-dealkylation sites (N-methyl/N-ethyl adjacent to an activating group) is 1. The Kier molecular flexibility index (Phi) is 4.55. The summed E-state index contributed by atoms with van der Waals surface area (Å²) in [4.78, 5) is 34.3. The number of halogens is 1. The monoisotopic (exact) mass is 385 g/mol. The Bertz CT molecular complexity index is 1050. The average molecular weight is 385 g/mol. The summed E-state index contributed by atoms with van der Waals surface area (Å²) in [6.45, 7) is 0.205. The van der Waals surface area contributed by atoms with Crippen LogP contribution in [0.25, 0.3) is 10.2 Å². The predicted molar refractivity (Wildman–Crippen MR) is 103 cm³/mol. The van der Waals surface area contributed by atoms with Crippen LogP contribution in [0.3, 0.4) is 0 Å². The van der Waals surface area contributed by atoms with Gasteiger partial charge in [0, 0.05) is 7.05 Å². The molecule has 2 aromatic heterocycles. The van der Waals surface area contributed by atoms with E-state index in [9.17, 15) is 14.0 Å². The number of nitrogens with zero attached hydrogens (tertiary/aromatic N) is 2. The minimum Gasteiger partial charge on any atom is -0.338 e. The first-order valence-corrected chi connectivity index (χ1v) is 9.86. The second-order valence-electron chi connectivity index (χ2n) is 7.11. The molecule has 3 aromatic rings. The first-order chi connectivity index (χ1) is 13.0. The van der Waals surface area contributed by atoms with Gasteiger partial charge in [0.15, 0.2) is 0 Å². The van der Waals surface area contributed by atoms with Crippen LogP contribution >= 0.6 is 11.3 Å². The largest absolute Gasteiger partial charge is 0.338 e. The number of rotatable bonds is 4. The van der Waals surface area contributed by atoms with Gasteiger partial charge in [-0.3, -0.25) is 9.59 Å². The van der Waals surface area contributed by atoms with Gasteiger partial charge in [-0.05, 0) is 42.0 Å². The molecular weight excluding hydrogens is 365 g/mol. The molecule has 27 heavy (non-hydrogen) atoms. The van der Waals surface area contributed by atoms with Crippen molar-refractivity contribution in [3.05, 3.63) is 63.3 Å². The quantitative estimate of drug-likeness (QED) is 0.746. The molecule has 1 amide bonds. The van der Waals surface area contributed by atoms with Gasteiger partial charge >= 0.3 is 0 Å². The number of benzene rings is 1. The van der Waals surface area contributed by atoms with E-state index in [0.29, 0.717) is 28.9 Å². The van der Waals surface area contributed by atoms with Crippen molar-refractivity contribution in [1.82, 2.24) is 14.9 Å². The molecule has 1 saturated carbocycles. The van der Waals surface area contributed by atoms with Gasteiger partial charge in [0.05, 0.1) is 17.5 Å². The van der Waals surface area contributed by atoms with Crippen molar-refractivity contribution in [3.8, 4) is 0 Å². The molecule has 0 atom stereocenters. The summed E-state index contributed by atoms with van der Waals surface area (Å²) in [5, 5.41) is 1.82. The Morgan fingerprint density at radius 2 is 2.11 bits per heavy atom. The van der Waals surface area contributed by atoms with Gasteiger partial charge in [0.1, 0.15) is 16.3 Å². The highest BCUT2D eigenvalue weighted by atomic mass is 32.1. The highest BCUT2D eigenvalue weighted by Gasteiger charge is 2.44. The molecule has 5 nitrogen and oxygen atoms in total. The van der Waals surface area contributed by atoms with Crippen molar-refractivity contribution in [3.63, 3.8) is 0 Å². The maximum Gasteiger partial charge on any atom is 0.268 e. The van der Waals surface area contributed by atoms with Gasteiger partial charge in [-0.25, -0.2) is 9.37 Å². The lowest BCUT2D eigenvalue weighted by Crippen LogP contribution is -2.43. The second kappa shape index (κ2) is 6.88. The van der Waals surface area contributed by atoms with Crippen molar-refractivity contribution >= 4 is 27.5 Å². The van der Waals surface area contributed by atoms with Crippen LogP contribution in [-0.4, -0.2) is 27.8 Å². The molecule has 4 rings (SSSR count). The lowest BCUT2D eigenvalue weighted by molar-refractivity contribution is -0.136. The van der Waals surface area contributed by atoms with Crippen LogP contribution in [0.2, 0.25) is 0 Å². The molecule has 1 aromatic carbocycles. The maximum atomic E-state index is 13.8. The van der Waals surface area contributed by atoms with E-state index in [2.05, 4.69) is 9.97 Å². The summed E-state index contributed by atoms with van der Waals surface area (Å²) in [7, 11) is 1.71. The van der Waals surface area contributed by atoms with Gasteiger partial charge in [0.2, 0.25) is 5.91 Å². The number of nitrogens with one attached hydrogen (secondary N) is 1. The zero-order valence-electron chi connectivity index (χ0n) is 15.0. The van der Waals surface area contributed by atoms with E-state index in [1.807, 2.05) is 11.4 Å². The molecule has 0 bridgehead atoms. The van der Waals surface area contributed by atoms with Gasteiger partial charge in [0.25, 0.3) is 5.56 Å². The number of amides is 1. The number of hydrogen-bond acceptors (Lipinski definition) is 4. The van der Waals surface area contributed by atoms with E-state index in [4.69, 9.17) is 0 Å². The normalized spacial score (nSPS) is 15.9. The van der Waals surface area contributed by atoms with Crippen LogP contribution in [0, 0.1) is 5.82 Å². The molecule has 2 heterocycles. The lowest BCUT2D eigenvalue weighted by atomic mass is 9.77. The molecule has 0 aliphatic heterocycles. The Hall–Kier alpha value is -2.54. The van der Waals surface area contributed by atoms with Crippen LogP contribution in [0.15, 0.2) is 40.5 Å². The molecule has 0 spiro atoms. The van der Waals surface area contributed by atoms with Crippen molar-refractivity contribution in [2.75, 3.05) is 7.05 Å². The SMILES string of the molecule is CN(Cc1nc2ccsc2c(=O)[nH]1)C(=O)C1(c2cccc(F)c2)CCCC1.